The first kappa shape index (κ1) is 23.4. The molecule has 1 saturated heterocycles. The van der Waals surface area contributed by atoms with E-state index in [0.717, 1.165) is 36.3 Å². The average Bonchev–Trinajstić information content (AvgIpc) is 3.31. The van der Waals surface area contributed by atoms with Crippen LogP contribution in [-0.4, -0.2) is 52.5 Å². The molecular weight excluding hydrogens is 410 g/mol. The minimum absolute atomic E-state index is 0.0593. The summed E-state index contributed by atoms with van der Waals surface area (Å²) in [6.45, 7) is 5.25. The van der Waals surface area contributed by atoms with Crippen LogP contribution in [0.25, 0.3) is 0 Å². The molecule has 1 aliphatic rings. The van der Waals surface area contributed by atoms with Crippen LogP contribution in [0.2, 0.25) is 0 Å². The van der Waals surface area contributed by atoms with Gasteiger partial charge in [-0.3, -0.25) is 10.1 Å². The molecule has 0 radical (unpaired) electrons. The van der Waals surface area contributed by atoms with Gasteiger partial charge < -0.3 is 24.3 Å². The fraction of sp³-hybridized carbons (Fsp3) is 0.417. The van der Waals surface area contributed by atoms with E-state index in [1.54, 1.807) is 12.1 Å². The van der Waals surface area contributed by atoms with Crippen molar-refractivity contribution in [1.29, 1.82) is 0 Å². The highest BCUT2D eigenvalue weighted by Crippen LogP contribution is 2.38. The van der Waals surface area contributed by atoms with Crippen LogP contribution in [0.5, 0.6) is 17.2 Å². The zero-order valence-electron chi connectivity index (χ0n) is 19.3. The van der Waals surface area contributed by atoms with Crippen molar-refractivity contribution in [3.05, 3.63) is 47.0 Å². The number of nitrogens with one attached hydrogen (secondary N) is 2. The van der Waals surface area contributed by atoms with Crippen molar-refractivity contribution in [2.75, 3.05) is 39.8 Å². The number of rotatable bonds is 7. The molecule has 8 heteroatoms. The van der Waals surface area contributed by atoms with Crippen molar-refractivity contribution in [3.63, 3.8) is 0 Å². The van der Waals surface area contributed by atoms with Gasteiger partial charge in [0, 0.05) is 17.9 Å². The third-order valence-electron chi connectivity index (χ3n) is 5.27. The molecule has 2 aromatic carbocycles. The Hall–Kier alpha value is -3.26. The van der Waals surface area contributed by atoms with E-state index in [-0.39, 0.29) is 12.0 Å². The van der Waals surface area contributed by atoms with Gasteiger partial charge in [0.2, 0.25) is 11.7 Å². The molecule has 0 unspecified atom stereocenters. The minimum Gasteiger partial charge on any atom is -0.493 e. The summed E-state index contributed by atoms with van der Waals surface area (Å²) in [4.78, 5) is 17.7. The molecule has 1 heterocycles. The molecule has 1 aliphatic heterocycles. The van der Waals surface area contributed by atoms with Gasteiger partial charge in [0.1, 0.15) is 0 Å². The Labute approximate surface area is 188 Å². The second-order valence-corrected chi connectivity index (χ2v) is 7.64. The number of anilines is 1. The lowest BCUT2D eigenvalue weighted by atomic mass is 10.1. The van der Waals surface area contributed by atoms with E-state index in [4.69, 9.17) is 18.9 Å². The van der Waals surface area contributed by atoms with E-state index in [9.17, 15) is 4.79 Å². The number of carbonyl (C=O) groups excluding carboxylic acids is 1. The summed E-state index contributed by atoms with van der Waals surface area (Å²) in [5.41, 5.74) is 3.43. The highest BCUT2D eigenvalue weighted by Gasteiger charge is 2.19. The molecule has 1 fully saturated rings. The molecule has 172 valence electrons. The molecule has 8 nitrogen and oxygen atoms in total. The Bertz CT molecular complexity index is 959. The number of benzene rings is 2. The van der Waals surface area contributed by atoms with Gasteiger partial charge in [-0.2, -0.15) is 0 Å². The smallest absolute Gasteiger partial charge is 0.258 e. The van der Waals surface area contributed by atoms with Crippen molar-refractivity contribution in [2.45, 2.75) is 32.8 Å². The molecule has 0 bridgehead atoms. The van der Waals surface area contributed by atoms with E-state index < -0.39 is 0 Å². The van der Waals surface area contributed by atoms with Crippen LogP contribution in [0.1, 0.15) is 34.3 Å². The Morgan fingerprint density at radius 1 is 1.09 bits per heavy atom. The molecule has 2 aromatic rings. The van der Waals surface area contributed by atoms with Gasteiger partial charge in [-0.1, -0.05) is 17.7 Å². The molecular formula is C24H31N3O5. The summed E-state index contributed by atoms with van der Waals surface area (Å²) in [5.74, 6) is 1.22. The Balaban J connectivity index is 1.86. The molecule has 0 aliphatic carbocycles. The van der Waals surface area contributed by atoms with E-state index >= 15 is 0 Å². The quantitative estimate of drug-likeness (QED) is 0.503. The number of hydrogen-bond acceptors (Lipinski definition) is 6. The minimum atomic E-state index is -0.354. The number of amides is 1. The number of aryl methyl sites for hydroxylation is 2. The number of guanidine groups is 1. The highest BCUT2D eigenvalue weighted by molar-refractivity contribution is 6.10. The monoisotopic (exact) mass is 441 g/mol. The van der Waals surface area contributed by atoms with Gasteiger partial charge in [0.15, 0.2) is 11.5 Å². The molecule has 1 amide bonds. The lowest BCUT2D eigenvalue weighted by molar-refractivity contribution is 0.0974. The van der Waals surface area contributed by atoms with E-state index in [0.29, 0.717) is 35.3 Å². The predicted molar refractivity (Wildman–Crippen MR) is 124 cm³/mol. The lowest BCUT2D eigenvalue weighted by Gasteiger charge is -2.17. The second kappa shape index (κ2) is 10.9. The van der Waals surface area contributed by atoms with Crippen molar-refractivity contribution in [2.24, 2.45) is 4.99 Å². The van der Waals surface area contributed by atoms with E-state index in [1.807, 2.05) is 26.0 Å². The molecule has 0 saturated carbocycles. The third-order valence-corrected chi connectivity index (χ3v) is 5.27. The summed E-state index contributed by atoms with van der Waals surface area (Å²) in [6.07, 6.45) is 2.04. The maximum absolute atomic E-state index is 13.1. The first-order valence-electron chi connectivity index (χ1n) is 10.6. The SMILES string of the molecule is COc1cc(C(=O)NC(=NC[C@@H]2CCCO2)Nc2ccc(C)cc2C)cc(OC)c1OC. The molecule has 2 N–H and O–H groups in total. The van der Waals surface area contributed by atoms with Gasteiger partial charge in [-0.05, 0) is 50.5 Å². The summed E-state index contributed by atoms with van der Waals surface area (Å²) < 4.78 is 21.7. The van der Waals surface area contributed by atoms with Crippen LogP contribution in [0.3, 0.4) is 0 Å². The maximum Gasteiger partial charge on any atom is 0.258 e. The average molecular weight is 442 g/mol. The van der Waals surface area contributed by atoms with Gasteiger partial charge in [-0.25, -0.2) is 4.99 Å². The Morgan fingerprint density at radius 3 is 2.38 bits per heavy atom. The fourth-order valence-electron chi connectivity index (χ4n) is 3.57. The molecule has 1 atom stereocenters. The Morgan fingerprint density at radius 2 is 1.81 bits per heavy atom. The van der Waals surface area contributed by atoms with E-state index in [1.165, 1.54) is 21.3 Å². The van der Waals surface area contributed by atoms with Crippen LogP contribution in [0.15, 0.2) is 35.3 Å². The number of aliphatic imine (C=N–C) groups is 1. The Kier molecular flexibility index (Phi) is 7.94. The topological polar surface area (TPSA) is 90.4 Å². The van der Waals surface area contributed by atoms with Crippen LogP contribution in [-0.2, 0) is 4.74 Å². The van der Waals surface area contributed by atoms with E-state index in [2.05, 4.69) is 21.7 Å². The van der Waals surface area contributed by atoms with Crippen molar-refractivity contribution in [3.8, 4) is 17.2 Å². The summed E-state index contributed by atoms with van der Waals surface area (Å²) in [6, 6.07) is 9.25. The van der Waals surface area contributed by atoms with Crippen LogP contribution < -0.4 is 24.8 Å². The normalized spacial score (nSPS) is 15.9. The first-order chi connectivity index (χ1) is 15.4. The van der Waals surface area contributed by atoms with Gasteiger partial charge in [0.05, 0.1) is 34.0 Å². The van der Waals surface area contributed by atoms with Gasteiger partial charge in [-0.15, -0.1) is 0 Å². The number of methoxy groups -OCH3 is 3. The summed E-state index contributed by atoms with van der Waals surface area (Å²) >= 11 is 0. The number of hydrogen-bond donors (Lipinski definition) is 2. The largest absolute Gasteiger partial charge is 0.493 e. The molecule has 3 rings (SSSR count). The van der Waals surface area contributed by atoms with Crippen LogP contribution in [0, 0.1) is 13.8 Å². The number of ether oxygens (including phenoxy) is 4. The van der Waals surface area contributed by atoms with Gasteiger partial charge in [0.25, 0.3) is 5.91 Å². The summed E-state index contributed by atoms with van der Waals surface area (Å²) in [7, 11) is 4.54. The van der Waals surface area contributed by atoms with Crippen LogP contribution in [0.4, 0.5) is 5.69 Å². The number of nitrogens with zero attached hydrogens (tertiary/aromatic N) is 1. The zero-order valence-corrected chi connectivity index (χ0v) is 19.3. The van der Waals surface area contributed by atoms with Crippen molar-refractivity contribution in [1.82, 2.24) is 5.32 Å². The highest BCUT2D eigenvalue weighted by atomic mass is 16.5. The van der Waals surface area contributed by atoms with Crippen molar-refractivity contribution < 1.29 is 23.7 Å². The standard InChI is InChI=1S/C24H31N3O5/c1-15-8-9-19(16(2)11-15)26-24(25-14-18-7-6-10-32-18)27-23(28)17-12-20(29-3)22(31-5)21(13-17)30-4/h8-9,11-13,18H,6-7,10,14H2,1-5H3,(H2,25,26,27,28)/t18-/m0/s1. The number of carbonyl (C=O) groups is 1. The lowest BCUT2D eigenvalue weighted by Crippen LogP contribution is -2.37. The maximum atomic E-state index is 13.1. The molecule has 0 spiro atoms. The van der Waals surface area contributed by atoms with Crippen molar-refractivity contribution >= 4 is 17.6 Å². The van der Waals surface area contributed by atoms with Gasteiger partial charge >= 0.3 is 0 Å². The first-order valence-corrected chi connectivity index (χ1v) is 10.6. The summed E-state index contributed by atoms with van der Waals surface area (Å²) in [5, 5.41) is 6.13. The zero-order chi connectivity index (χ0) is 23.1. The molecule has 32 heavy (non-hydrogen) atoms. The van der Waals surface area contributed by atoms with Crippen LogP contribution >= 0.6 is 0 Å². The predicted octanol–water partition coefficient (Wildman–Crippen LogP) is 3.71. The second-order valence-electron chi connectivity index (χ2n) is 7.64. The third kappa shape index (κ3) is 5.70. The molecule has 0 aromatic heterocycles. The fourth-order valence-corrected chi connectivity index (χ4v) is 3.57.